The van der Waals surface area contributed by atoms with Crippen molar-refractivity contribution < 1.29 is 4.74 Å². The van der Waals surface area contributed by atoms with Crippen LogP contribution >= 0.6 is 0 Å². The summed E-state index contributed by atoms with van der Waals surface area (Å²) in [6.07, 6.45) is 7.99. The van der Waals surface area contributed by atoms with Crippen LogP contribution in [0.2, 0.25) is 0 Å². The van der Waals surface area contributed by atoms with Gasteiger partial charge in [-0.1, -0.05) is 19.4 Å². The van der Waals surface area contributed by atoms with E-state index in [1.54, 1.807) is 0 Å². The Bertz CT molecular complexity index is 621. The maximum absolute atomic E-state index is 6.02. The fourth-order valence-electron chi connectivity index (χ4n) is 3.30. The molecular formula is C21H28N2O. The van der Waals surface area contributed by atoms with E-state index in [2.05, 4.69) is 41.1 Å². The highest BCUT2D eigenvalue weighted by Crippen LogP contribution is 2.27. The quantitative estimate of drug-likeness (QED) is 0.711. The largest absolute Gasteiger partial charge is 0.492 e. The first-order chi connectivity index (χ1) is 11.9. The van der Waals surface area contributed by atoms with E-state index in [4.69, 9.17) is 4.74 Å². The average molecular weight is 324 g/mol. The molecule has 0 atom stereocenters. The number of ether oxygens (including phenoxy) is 1. The predicted molar refractivity (Wildman–Crippen MR) is 99.5 cm³/mol. The first kappa shape index (κ1) is 17.0. The monoisotopic (exact) mass is 324 g/mol. The summed E-state index contributed by atoms with van der Waals surface area (Å²) < 4.78 is 6.02. The summed E-state index contributed by atoms with van der Waals surface area (Å²) in [6, 6.07) is 12.6. The molecule has 0 N–H and O–H groups in total. The Kier molecular flexibility index (Phi) is 6.25. The molecule has 24 heavy (non-hydrogen) atoms. The number of nitrogens with zero attached hydrogens (tertiary/aromatic N) is 2. The van der Waals surface area contributed by atoms with Crippen LogP contribution in [0.25, 0.3) is 11.3 Å². The van der Waals surface area contributed by atoms with Crippen molar-refractivity contribution in [2.75, 3.05) is 26.2 Å². The van der Waals surface area contributed by atoms with Crippen LogP contribution in [0.1, 0.15) is 38.2 Å². The summed E-state index contributed by atoms with van der Waals surface area (Å²) in [5, 5.41) is 0. The van der Waals surface area contributed by atoms with Gasteiger partial charge in [0.05, 0.1) is 5.69 Å². The molecule has 3 heteroatoms. The van der Waals surface area contributed by atoms with Gasteiger partial charge in [0.1, 0.15) is 12.4 Å². The van der Waals surface area contributed by atoms with Crippen molar-refractivity contribution in [1.82, 2.24) is 9.88 Å². The molecule has 0 unspecified atom stereocenters. The summed E-state index contributed by atoms with van der Waals surface area (Å²) >= 11 is 0. The van der Waals surface area contributed by atoms with Crippen molar-refractivity contribution in [3.63, 3.8) is 0 Å². The molecule has 128 valence electrons. The minimum absolute atomic E-state index is 0.774. The fourth-order valence-corrected chi connectivity index (χ4v) is 3.30. The lowest BCUT2D eigenvalue weighted by Crippen LogP contribution is -2.25. The van der Waals surface area contributed by atoms with E-state index in [1.807, 2.05) is 18.3 Å². The van der Waals surface area contributed by atoms with Crippen LogP contribution in [0.4, 0.5) is 0 Å². The third-order valence-electron chi connectivity index (χ3n) is 4.69. The number of likely N-dealkylation sites (tertiary alicyclic amines) is 1. The highest BCUT2D eigenvalue weighted by atomic mass is 16.5. The normalized spacial score (nSPS) is 14.9. The highest BCUT2D eigenvalue weighted by Gasteiger charge is 2.12. The van der Waals surface area contributed by atoms with Crippen LogP contribution < -0.4 is 4.74 Å². The van der Waals surface area contributed by atoms with E-state index in [1.165, 1.54) is 49.9 Å². The zero-order valence-corrected chi connectivity index (χ0v) is 14.7. The number of hydrogen-bond acceptors (Lipinski definition) is 3. The molecule has 1 fully saturated rings. The van der Waals surface area contributed by atoms with Gasteiger partial charge in [-0.15, -0.1) is 0 Å². The zero-order chi connectivity index (χ0) is 16.6. The molecule has 0 saturated carbocycles. The summed E-state index contributed by atoms with van der Waals surface area (Å²) in [7, 11) is 0. The van der Waals surface area contributed by atoms with E-state index in [0.29, 0.717) is 0 Å². The van der Waals surface area contributed by atoms with E-state index >= 15 is 0 Å². The number of hydrogen-bond donors (Lipinski definition) is 0. The molecule has 0 aliphatic carbocycles. The van der Waals surface area contributed by atoms with Gasteiger partial charge in [0.15, 0.2) is 0 Å². The second-order valence-corrected chi connectivity index (χ2v) is 6.53. The lowest BCUT2D eigenvalue weighted by molar-refractivity contribution is 0.237. The fraction of sp³-hybridized carbons (Fsp3) is 0.476. The third-order valence-corrected chi connectivity index (χ3v) is 4.69. The minimum atomic E-state index is 0.774. The maximum Gasteiger partial charge on any atom is 0.119 e. The Morgan fingerprint density at radius 3 is 2.75 bits per heavy atom. The molecule has 1 aromatic heterocycles. The molecule has 1 aromatic carbocycles. The second kappa shape index (κ2) is 8.84. The van der Waals surface area contributed by atoms with Gasteiger partial charge in [0.25, 0.3) is 0 Å². The number of unbranched alkanes of at least 4 members (excludes halogenated alkanes) is 1. The smallest absolute Gasteiger partial charge is 0.119 e. The highest BCUT2D eigenvalue weighted by molar-refractivity contribution is 5.64. The van der Waals surface area contributed by atoms with Gasteiger partial charge in [-0.3, -0.25) is 9.88 Å². The first-order valence-corrected chi connectivity index (χ1v) is 9.26. The van der Waals surface area contributed by atoms with Gasteiger partial charge >= 0.3 is 0 Å². The Morgan fingerprint density at radius 1 is 1.12 bits per heavy atom. The number of aromatic nitrogens is 1. The second-order valence-electron chi connectivity index (χ2n) is 6.53. The third kappa shape index (κ3) is 4.57. The summed E-state index contributed by atoms with van der Waals surface area (Å²) in [6.45, 7) is 6.49. The van der Waals surface area contributed by atoms with Crippen LogP contribution in [-0.4, -0.2) is 36.1 Å². The minimum Gasteiger partial charge on any atom is -0.492 e. The summed E-state index contributed by atoms with van der Waals surface area (Å²) in [4.78, 5) is 7.00. The lowest BCUT2D eigenvalue weighted by atomic mass is 9.99. The summed E-state index contributed by atoms with van der Waals surface area (Å²) in [5.41, 5.74) is 3.62. The number of aryl methyl sites for hydroxylation is 1. The van der Waals surface area contributed by atoms with Crippen LogP contribution in [0.5, 0.6) is 5.75 Å². The predicted octanol–water partition coefficient (Wildman–Crippen LogP) is 4.57. The molecule has 1 aliphatic heterocycles. The molecule has 0 radical (unpaired) electrons. The van der Waals surface area contributed by atoms with Crippen molar-refractivity contribution in [3.05, 3.63) is 48.2 Å². The van der Waals surface area contributed by atoms with Crippen LogP contribution in [-0.2, 0) is 6.42 Å². The molecule has 2 heterocycles. The molecule has 1 aliphatic rings. The number of benzene rings is 1. The van der Waals surface area contributed by atoms with Crippen LogP contribution in [0.3, 0.4) is 0 Å². The van der Waals surface area contributed by atoms with Gasteiger partial charge in [-0.2, -0.15) is 0 Å². The Labute approximate surface area is 145 Å². The van der Waals surface area contributed by atoms with Crippen molar-refractivity contribution in [2.45, 2.75) is 39.0 Å². The van der Waals surface area contributed by atoms with E-state index < -0.39 is 0 Å². The van der Waals surface area contributed by atoms with Gasteiger partial charge < -0.3 is 4.74 Å². The lowest BCUT2D eigenvalue weighted by Gasteiger charge is -2.16. The Morgan fingerprint density at radius 2 is 2.00 bits per heavy atom. The van der Waals surface area contributed by atoms with Gasteiger partial charge in [-0.05, 0) is 74.7 Å². The SMILES string of the molecule is CCCCc1cc(OCCN2CCCC2)ccc1-c1ccccn1. The van der Waals surface area contributed by atoms with E-state index in [9.17, 15) is 0 Å². The van der Waals surface area contributed by atoms with Crippen molar-refractivity contribution in [3.8, 4) is 17.0 Å². The molecule has 0 bridgehead atoms. The summed E-state index contributed by atoms with van der Waals surface area (Å²) in [5.74, 6) is 0.986. The van der Waals surface area contributed by atoms with E-state index in [-0.39, 0.29) is 0 Å². The van der Waals surface area contributed by atoms with Crippen molar-refractivity contribution >= 4 is 0 Å². The standard InChI is InChI=1S/C21H28N2O/c1-2-3-8-18-17-19(24-16-15-23-13-6-7-14-23)10-11-20(18)21-9-4-5-12-22-21/h4-5,9-12,17H,2-3,6-8,13-16H2,1H3. The van der Waals surface area contributed by atoms with Crippen LogP contribution in [0.15, 0.2) is 42.6 Å². The molecule has 0 amide bonds. The molecule has 3 rings (SSSR count). The van der Waals surface area contributed by atoms with E-state index in [0.717, 1.165) is 31.0 Å². The van der Waals surface area contributed by atoms with Crippen molar-refractivity contribution in [1.29, 1.82) is 0 Å². The average Bonchev–Trinajstić information content (AvgIpc) is 3.14. The first-order valence-electron chi connectivity index (χ1n) is 9.26. The molecular weight excluding hydrogens is 296 g/mol. The number of pyridine rings is 1. The topological polar surface area (TPSA) is 25.4 Å². The zero-order valence-electron chi connectivity index (χ0n) is 14.7. The molecule has 2 aromatic rings. The van der Waals surface area contributed by atoms with Crippen molar-refractivity contribution in [2.24, 2.45) is 0 Å². The number of rotatable bonds is 8. The molecule has 0 spiro atoms. The Hall–Kier alpha value is -1.87. The van der Waals surface area contributed by atoms with Gasteiger partial charge in [0, 0.05) is 18.3 Å². The van der Waals surface area contributed by atoms with Gasteiger partial charge in [-0.25, -0.2) is 0 Å². The van der Waals surface area contributed by atoms with Gasteiger partial charge in [0.2, 0.25) is 0 Å². The van der Waals surface area contributed by atoms with Crippen LogP contribution in [0, 0.1) is 0 Å². The molecule has 3 nitrogen and oxygen atoms in total. The maximum atomic E-state index is 6.02. The molecule has 1 saturated heterocycles. The Balaban J connectivity index is 1.69.